The van der Waals surface area contributed by atoms with Gasteiger partial charge in [0, 0.05) is 19.0 Å². The molecule has 7 heteroatoms. The number of carbonyl (C=O) groups is 1. The molecule has 3 N–H and O–H groups in total. The van der Waals surface area contributed by atoms with Crippen LogP contribution in [0.15, 0.2) is 30.3 Å². The Morgan fingerprint density at radius 1 is 1.16 bits per heavy atom. The Morgan fingerprint density at radius 2 is 2.04 bits per heavy atom. The summed E-state index contributed by atoms with van der Waals surface area (Å²) in [6, 6.07) is 10.1. The van der Waals surface area contributed by atoms with Crippen LogP contribution in [-0.4, -0.2) is 26.7 Å². The third-order valence-corrected chi connectivity index (χ3v) is 5.03. The number of hydrazine groups is 1. The average Bonchev–Trinajstić information content (AvgIpc) is 3.22. The number of hydrogen-bond acceptors (Lipinski definition) is 5. The average molecular weight is 340 g/mol. The van der Waals surface area contributed by atoms with Gasteiger partial charge < -0.3 is 9.88 Å². The van der Waals surface area contributed by atoms with Gasteiger partial charge in [0.25, 0.3) is 0 Å². The molecule has 2 aliphatic rings. The Hall–Kier alpha value is -2.25. The van der Waals surface area contributed by atoms with E-state index < -0.39 is 0 Å². The van der Waals surface area contributed by atoms with Crippen molar-refractivity contribution in [2.75, 3.05) is 0 Å². The van der Waals surface area contributed by atoms with Gasteiger partial charge >= 0.3 is 0 Å². The molecule has 0 radical (unpaired) electrons. The van der Waals surface area contributed by atoms with E-state index in [-0.39, 0.29) is 18.0 Å². The van der Waals surface area contributed by atoms with Gasteiger partial charge in [0.05, 0.1) is 6.54 Å². The van der Waals surface area contributed by atoms with Crippen molar-refractivity contribution in [1.29, 1.82) is 0 Å². The summed E-state index contributed by atoms with van der Waals surface area (Å²) in [7, 11) is 0. The van der Waals surface area contributed by atoms with Crippen LogP contribution >= 0.6 is 0 Å². The first-order valence-corrected chi connectivity index (χ1v) is 9.06. The first kappa shape index (κ1) is 16.2. The summed E-state index contributed by atoms with van der Waals surface area (Å²) in [6.45, 7) is 1.38. The molecular weight excluding hydrogens is 316 g/mol. The van der Waals surface area contributed by atoms with Crippen LogP contribution in [0.4, 0.5) is 0 Å². The van der Waals surface area contributed by atoms with Crippen LogP contribution in [-0.2, 0) is 24.3 Å². The second kappa shape index (κ2) is 7.33. The van der Waals surface area contributed by atoms with Crippen LogP contribution in [0, 0.1) is 0 Å². The molecule has 2 atom stereocenters. The molecule has 132 valence electrons. The van der Waals surface area contributed by atoms with Gasteiger partial charge in [0.1, 0.15) is 11.9 Å². The molecule has 7 nitrogen and oxygen atoms in total. The fraction of sp³-hybridized carbons (Fsp3) is 0.500. The van der Waals surface area contributed by atoms with E-state index in [1.54, 1.807) is 0 Å². The van der Waals surface area contributed by atoms with Crippen LogP contribution in [0.1, 0.15) is 48.9 Å². The largest absolute Gasteiger partial charge is 0.347 e. The maximum absolute atomic E-state index is 12.5. The Bertz CT molecular complexity index is 728. The van der Waals surface area contributed by atoms with Crippen molar-refractivity contribution in [1.82, 2.24) is 30.9 Å². The molecule has 1 fully saturated rings. The first-order chi connectivity index (χ1) is 12.3. The highest BCUT2D eigenvalue weighted by Gasteiger charge is 2.30. The maximum atomic E-state index is 12.5. The summed E-state index contributed by atoms with van der Waals surface area (Å²) in [5.41, 5.74) is 7.50. The van der Waals surface area contributed by atoms with E-state index in [4.69, 9.17) is 0 Å². The van der Waals surface area contributed by atoms with Crippen molar-refractivity contribution in [2.45, 2.75) is 57.3 Å². The van der Waals surface area contributed by atoms with E-state index in [9.17, 15) is 4.79 Å². The molecule has 3 heterocycles. The van der Waals surface area contributed by atoms with Crippen molar-refractivity contribution in [3.8, 4) is 0 Å². The Kier molecular flexibility index (Phi) is 4.76. The van der Waals surface area contributed by atoms with E-state index in [0.717, 1.165) is 37.5 Å². The fourth-order valence-corrected chi connectivity index (χ4v) is 3.60. The molecule has 0 aliphatic carbocycles. The molecule has 1 aromatic carbocycles. The quantitative estimate of drug-likeness (QED) is 0.780. The summed E-state index contributed by atoms with van der Waals surface area (Å²) in [6.07, 6.45) is 5.26. The van der Waals surface area contributed by atoms with Crippen LogP contribution in [0.3, 0.4) is 0 Å². The molecule has 0 spiro atoms. The molecule has 1 amide bonds. The number of aromatic nitrogens is 3. The molecule has 1 aromatic heterocycles. The van der Waals surface area contributed by atoms with Crippen LogP contribution in [0.5, 0.6) is 0 Å². The van der Waals surface area contributed by atoms with Crippen LogP contribution in [0.2, 0.25) is 0 Å². The third kappa shape index (κ3) is 3.57. The Morgan fingerprint density at radius 3 is 2.92 bits per heavy atom. The lowest BCUT2D eigenvalue weighted by Crippen LogP contribution is -2.43. The molecule has 4 rings (SSSR count). The predicted molar refractivity (Wildman–Crippen MR) is 93.3 cm³/mol. The van der Waals surface area contributed by atoms with Crippen LogP contribution < -0.4 is 16.2 Å². The summed E-state index contributed by atoms with van der Waals surface area (Å²) in [4.78, 5) is 12.5. The monoisotopic (exact) mass is 340 g/mol. The third-order valence-electron chi connectivity index (χ3n) is 5.03. The zero-order valence-electron chi connectivity index (χ0n) is 14.2. The second-order valence-electron chi connectivity index (χ2n) is 6.75. The van der Waals surface area contributed by atoms with Gasteiger partial charge in [-0.3, -0.25) is 4.79 Å². The van der Waals surface area contributed by atoms with E-state index in [1.807, 2.05) is 18.2 Å². The number of fused-ring (bicyclic) bond motifs is 1. The van der Waals surface area contributed by atoms with Crippen molar-refractivity contribution >= 4 is 5.91 Å². The molecule has 25 heavy (non-hydrogen) atoms. The molecule has 2 aliphatic heterocycles. The normalized spacial score (nSPS) is 23.0. The summed E-state index contributed by atoms with van der Waals surface area (Å²) in [5, 5.41) is 11.5. The van der Waals surface area contributed by atoms with E-state index >= 15 is 0 Å². The molecule has 2 unspecified atom stereocenters. The number of aryl methyl sites for hydroxylation is 1. The zero-order valence-corrected chi connectivity index (χ0v) is 14.2. The number of benzene rings is 1. The lowest BCUT2D eigenvalue weighted by molar-refractivity contribution is -0.123. The lowest BCUT2D eigenvalue weighted by atomic mass is 10.0. The summed E-state index contributed by atoms with van der Waals surface area (Å²) in [5.74, 6) is 1.90. The molecule has 2 aromatic rings. The van der Waals surface area contributed by atoms with Gasteiger partial charge in [-0.15, -0.1) is 10.2 Å². The fourth-order valence-electron chi connectivity index (χ4n) is 3.60. The highest BCUT2D eigenvalue weighted by Crippen LogP contribution is 2.22. The van der Waals surface area contributed by atoms with Crippen molar-refractivity contribution < 1.29 is 4.79 Å². The molecule has 0 bridgehead atoms. The number of amides is 1. The smallest absolute Gasteiger partial charge is 0.238 e. The molecule has 1 saturated heterocycles. The molecular formula is C18H24N6O. The first-order valence-electron chi connectivity index (χ1n) is 9.06. The Balaban J connectivity index is 1.33. The topological polar surface area (TPSA) is 83.9 Å². The van der Waals surface area contributed by atoms with Gasteiger partial charge in [-0.25, -0.2) is 10.9 Å². The van der Waals surface area contributed by atoms with E-state index in [0.29, 0.717) is 6.54 Å². The number of nitrogens with zero attached hydrogens (tertiary/aromatic N) is 3. The minimum Gasteiger partial charge on any atom is -0.347 e. The number of carbonyl (C=O) groups excluding carboxylic acids is 1. The standard InChI is InChI=1S/C18H24N6O/c25-18(15-11-14(20-21-15)13-7-3-1-4-8-13)19-12-17-23-22-16-9-5-2-6-10-24(16)17/h1,3-4,7-8,14-15,20-21H,2,5-6,9-12H2,(H,19,25). The summed E-state index contributed by atoms with van der Waals surface area (Å²) < 4.78 is 2.17. The number of nitrogens with one attached hydrogen (secondary N) is 3. The van der Waals surface area contributed by atoms with Gasteiger partial charge in [-0.05, 0) is 24.8 Å². The predicted octanol–water partition coefficient (Wildman–Crippen LogP) is 1.23. The second-order valence-corrected chi connectivity index (χ2v) is 6.75. The minimum atomic E-state index is -0.239. The lowest BCUT2D eigenvalue weighted by Gasteiger charge is -2.11. The maximum Gasteiger partial charge on any atom is 0.238 e. The number of hydrogen-bond donors (Lipinski definition) is 3. The minimum absolute atomic E-state index is 0.00287. The van der Waals surface area contributed by atoms with Crippen molar-refractivity contribution in [2.24, 2.45) is 0 Å². The summed E-state index contributed by atoms with van der Waals surface area (Å²) >= 11 is 0. The zero-order chi connectivity index (χ0) is 17.1. The van der Waals surface area contributed by atoms with Gasteiger partial charge in [-0.2, -0.15) is 0 Å². The van der Waals surface area contributed by atoms with Crippen LogP contribution in [0.25, 0.3) is 0 Å². The van der Waals surface area contributed by atoms with E-state index in [2.05, 4.69) is 43.1 Å². The number of rotatable bonds is 4. The van der Waals surface area contributed by atoms with Gasteiger partial charge in [0.15, 0.2) is 5.82 Å². The highest BCUT2D eigenvalue weighted by atomic mass is 16.2. The van der Waals surface area contributed by atoms with E-state index in [1.165, 1.54) is 18.4 Å². The van der Waals surface area contributed by atoms with Gasteiger partial charge in [-0.1, -0.05) is 36.8 Å². The molecule has 0 saturated carbocycles. The Labute approximate surface area is 147 Å². The SMILES string of the molecule is O=C(NCc1nnc2n1CCCCC2)C1CC(c2ccccc2)NN1. The van der Waals surface area contributed by atoms with Gasteiger partial charge in [0.2, 0.25) is 5.91 Å². The van der Waals surface area contributed by atoms with Crippen molar-refractivity contribution in [3.05, 3.63) is 47.5 Å². The highest BCUT2D eigenvalue weighted by molar-refractivity contribution is 5.82. The van der Waals surface area contributed by atoms with Crippen molar-refractivity contribution in [3.63, 3.8) is 0 Å².